The highest BCUT2D eigenvalue weighted by Gasteiger charge is 2.17. The van der Waals surface area contributed by atoms with Crippen LogP contribution in [-0.4, -0.2) is 37.1 Å². The zero-order valence-corrected chi connectivity index (χ0v) is 13.0. The average molecular weight is 254 g/mol. The van der Waals surface area contributed by atoms with Gasteiger partial charge < -0.3 is 10.2 Å². The largest absolute Gasteiger partial charge is 0.314 e. The number of unbranched alkanes of at least 4 members (excludes halogenated alkanes) is 1. The van der Waals surface area contributed by atoms with Crippen LogP contribution in [0.3, 0.4) is 0 Å². The summed E-state index contributed by atoms with van der Waals surface area (Å²) in [6.07, 6.45) is 6.77. The predicted molar refractivity (Wildman–Crippen MR) is 81.0 cm³/mol. The molecule has 2 heteroatoms. The zero-order chi connectivity index (χ0) is 13.4. The lowest BCUT2D eigenvalue weighted by Crippen LogP contribution is -2.43. The Kier molecular flexibility index (Phi) is 7.92. The van der Waals surface area contributed by atoms with Gasteiger partial charge in [-0.05, 0) is 50.7 Å². The molecular weight excluding hydrogens is 220 g/mol. The molecule has 2 unspecified atom stereocenters. The third-order valence-corrected chi connectivity index (χ3v) is 4.12. The van der Waals surface area contributed by atoms with E-state index in [-0.39, 0.29) is 0 Å². The minimum absolute atomic E-state index is 0.742. The predicted octanol–water partition coefficient (Wildman–Crippen LogP) is 3.52. The van der Waals surface area contributed by atoms with Crippen LogP contribution >= 0.6 is 0 Å². The van der Waals surface area contributed by atoms with Crippen molar-refractivity contribution in [3.05, 3.63) is 0 Å². The first-order chi connectivity index (χ1) is 8.61. The van der Waals surface area contributed by atoms with Gasteiger partial charge in [-0.3, -0.25) is 0 Å². The fourth-order valence-electron chi connectivity index (χ4n) is 2.84. The smallest absolute Gasteiger partial charge is 0.00767 e. The highest BCUT2D eigenvalue weighted by Crippen LogP contribution is 2.12. The number of hydrogen-bond donors (Lipinski definition) is 1. The van der Waals surface area contributed by atoms with Gasteiger partial charge in [0, 0.05) is 12.6 Å². The topological polar surface area (TPSA) is 15.3 Å². The molecule has 18 heavy (non-hydrogen) atoms. The molecule has 0 amide bonds. The van der Waals surface area contributed by atoms with E-state index in [9.17, 15) is 0 Å². The van der Waals surface area contributed by atoms with Crippen molar-refractivity contribution < 1.29 is 0 Å². The third kappa shape index (κ3) is 6.75. The summed E-state index contributed by atoms with van der Waals surface area (Å²) in [7, 11) is 0. The van der Waals surface area contributed by atoms with Crippen molar-refractivity contribution in [1.29, 1.82) is 0 Å². The first-order valence-corrected chi connectivity index (χ1v) is 8.07. The minimum Gasteiger partial charge on any atom is -0.314 e. The molecule has 0 aromatic carbocycles. The SMILES string of the molecule is CCC1CCN(CCCCC(C)C)CC(C)CN1. The van der Waals surface area contributed by atoms with Gasteiger partial charge >= 0.3 is 0 Å². The molecule has 2 atom stereocenters. The Bertz CT molecular complexity index is 203. The van der Waals surface area contributed by atoms with E-state index in [4.69, 9.17) is 0 Å². The van der Waals surface area contributed by atoms with Gasteiger partial charge in [0.25, 0.3) is 0 Å². The maximum Gasteiger partial charge on any atom is 0.00767 e. The summed E-state index contributed by atoms with van der Waals surface area (Å²) in [5, 5.41) is 3.70. The van der Waals surface area contributed by atoms with E-state index in [0.717, 1.165) is 17.9 Å². The summed E-state index contributed by atoms with van der Waals surface area (Å²) in [5.41, 5.74) is 0. The molecule has 1 fully saturated rings. The van der Waals surface area contributed by atoms with Crippen molar-refractivity contribution >= 4 is 0 Å². The van der Waals surface area contributed by atoms with Crippen LogP contribution in [0.4, 0.5) is 0 Å². The Morgan fingerprint density at radius 1 is 1.28 bits per heavy atom. The minimum atomic E-state index is 0.742. The van der Waals surface area contributed by atoms with Crippen molar-refractivity contribution in [2.24, 2.45) is 11.8 Å². The van der Waals surface area contributed by atoms with Gasteiger partial charge in [0.15, 0.2) is 0 Å². The highest BCUT2D eigenvalue weighted by molar-refractivity contribution is 4.75. The fourth-order valence-corrected chi connectivity index (χ4v) is 2.84. The summed E-state index contributed by atoms with van der Waals surface area (Å²) >= 11 is 0. The van der Waals surface area contributed by atoms with Crippen LogP contribution in [0, 0.1) is 11.8 Å². The van der Waals surface area contributed by atoms with Crippen LogP contribution in [-0.2, 0) is 0 Å². The van der Waals surface area contributed by atoms with E-state index in [0.29, 0.717) is 0 Å². The summed E-state index contributed by atoms with van der Waals surface area (Å²) < 4.78 is 0. The summed E-state index contributed by atoms with van der Waals surface area (Å²) in [4.78, 5) is 2.70. The van der Waals surface area contributed by atoms with Crippen LogP contribution in [0.15, 0.2) is 0 Å². The van der Waals surface area contributed by atoms with Crippen molar-refractivity contribution in [3.63, 3.8) is 0 Å². The van der Waals surface area contributed by atoms with E-state index < -0.39 is 0 Å². The molecule has 0 aromatic heterocycles. The van der Waals surface area contributed by atoms with Gasteiger partial charge in [0.05, 0.1) is 0 Å². The molecule has 2 nitrogen and oxygen atoms in total. The molecule has 1 aliphatic heterocycles. The molecule has 108 valence electrons. The van der Waals surface area contributed by atoms with Crippen molar-refractivity contribution in [2.75, 3.05) is 26.2 Å². The maximum absolute atomic E-state index is 3.70. The van der Waals surface area contributed by atoms with E-state index in [1.165, 1.54) is 58.3 Å². The Morgan fingerprint density at radius 2 is 2.06 bits per heavy atom. The van der Waals surface area contributed by atoms with Crippen molar-refractivity contribution in [3.8, 4) is 0 Å². The van der Waals surface area contributed by atoms with Gasteiger partial charge in [-0.15, -0.1) is 0 Å². The summed E-state index contributed by atoms with van der Waals surface area (Å²) in [5.74, 6) is 1.66. The Labute approximate surface area is 115 Å². The molecule has 1 rings (SSSR count). The first kappa shape index (κ1) is 16.0. The van der Waals surface area contributed by atoms with E-state index in [1.54, 1.807) is 0 Å². The van der Waals surface area contributed by atoms with Gasteiger partial charge in [0.1, 0.15) is 0 Å². The molecule has 1 aliphatic rings. The average Bonchev–Trinajstić information content (AvgIpc) is 2.31. The quantitative estimate of drug-likeness (QED) is 0.730. The third-order valence-electron chi connectivity index (χ3n) is 4.12. The van der Waals surface area contributed by atoms with Gasteiger partial charge in [-0.25, -0.2) is 0 Å². The Morgan fingerprint density at radius 3 is 2.72 bits per heavy atom. The number of nitrogens with zero attached hydrogens (tertiary/aromatic N) is 1. The lowest BCUT2D eigenvalue weighted by Gasteiger charge is -2.32. The highest BCUT2D eigenvalue weighted by atomic mass is 15.1. The summed E-state index contributed by atoms with van der Waals surface area (Å²) in [6.45, 7) is 14.4. The molecule has 0 bridgehead atoms. The lowest BCUT2D eigenvalue weighted by atomic mass is 10.0. The molecule has 0 radical (unpaired) electrons. The second-order valence-electron chi connectivity index (χ2n) is 6.60. The Hall–Kier alpha value is -0.0800. The zero-order valence-electron chi connectivity index (χ0n) is 13.0. The summed E-state index contributed by atoms with van der Waals surface area (Å²) in [6, 6.07) is 0.742. The maximum atomic E-state index is 3.70. The van der Waals surface area contributed by atoms with Crippen LogP contribution in [0.2, 0.25) is 0 Å². The van der Waals surface area contributed by atoms with Crippen LogP contribution in [0.1, 0.15) is 59.8 Å². The fraction of sp³-hybridized carbons (Fsp3) is 1.00. The van der Waals surface area contributed by atoms with Crippen LogP contribution < -0.4 is 5.32 Å². The van der Waals surface area contributed by atoms with E-state index in [2.05, 4.69) is 37.9 Å². The van der Waals surface area contributed by atoms with Crippen LogP contribution in [0.5, 0.6) is 0 Å². The van der Waals surface area contributed by atoms with Crippen molar-refractivity contribution in [1.82, 2.24) is 10.2 Å². The second kappa shape index (κ2) is 8.92. The lowest BCUT2D eigenvalue weighted by molar-refractivity contribution is 0.193. The molecule has 0 spiro atoms. The molecule has 1 N–H and O–H groups in total. The first-order valence-electron chi connectivity index (χ1n) is 8.07. The van der Waals surface area contributed by atoms with Gasteiger partial charge in [-0.1, -0.05) is 40.5 Å². The molecule has 0 aliphatic carbocycles. The van der Waals surface area contributed by atoms with E-state index >= 15 is 0 Å². The molecule has 0 aromatic rings. The van der Waals surface area contributed by atoms with Crippen molar-refractivity contribution in [2.45, 2.75) is 65.8 Å². The van der Waals surface area contributed by atoms with Gasteiger partial charge in [-0.2, -0.15) is 0 Å². The van der Waals surface area contributed by atoms with E-state index in [1.807, 2.05) is 0 Å². The molecule has 1 heterocycles. The number of rotatable bonds is 6. The van der Waals surface area contributed by atoms with Crippen LogP contribution in [0.25, 0.3) is 0 Å². The monoisotopic (exact) mass is 254 g/mol. The second-order valence-corrected chi connectivity index (χ2v) is 6.60. The van der Waals surface area contributed by atoms with Gasteiger partial charge in [0.2, 0.25) is 0 Å². The standard InChI is InChI=1S/C16H34N2/c1-5-16-9-11-18(13-15(4)12-17-16)10-7-6-8-14(2)3/h14-17H,5-13H2,1-4H3. The number of hydrogen-bond acceptors (Lipinski definition) is 2. The molecule has 1 saturated heterocycles. The molecular formula is C16H34N2. The Balaban J connectivity index is 2.25. The number of nitrogens with one attached hydrogen (secondary N) is 1. The normalized spacial score (nSPS) is 27.2. The molecule has 0 saturated carbocycles.